The van der Waals surface area contributed by atoms with E-state index in [9.17, 15) is 9.59 Å². The Morgan fingerprint density at radius 3 is 1.50 bits per heavy atom. The number of hydrogen-bond donors (Lipinski definition) is 4. The minimum Gasteiger partial charge on any atom is -0.373 e. The van der Waals surface area contributed by atoms with Crippen LogP contribution in [-0.2, 0) is 0 Å². The van der Waals surface area contributed by atoms with Crippen molar-refractivity contribution >= 4 is 11.6 Å². The van der Waals surface area contributed by atoms with Crippen molar-refractivity contribution in [1.82, 2.24) is 19.9 Å². The van der Waals surface area contributed by atoms with E-state index in [-0.39, 0.29) is 11.4 Å². The summed E-state index contributed by atoms with van der Waals surface area (Å²) < 4.78 is 0. The van der Waals surface area contributed by atoms with Gasteiger partial charge in [0, 0.05) is 26.5 Å². The lowest BCUT2D eigenvalue weighted by Crippen LogP contribution is -2.10. The molecule has 8 heteroatoms. The van der Waals surface area contributed by atoms with E-state index in [4.69, 9.17) is 0 Å². The second-order valence-electron chi connectivity index (χ2n) is 3.06. The number of hydrogen-bond acceptors (Lipinski definition) is 6. The molecule has 2 rings (SSSR count). The van der Waals surface area contributed by atoms with Crippen LogP contribution in [0.5, 0.6) is 0 Å². The van der Waals surface area contributed by atoms with Gasteiger partial charge in [-0.3, -0.25) is 0 Å². The lowest BCUT2D eigenvalue weighted by Gasteiger charge is -1.92. The Hall–Kier alpha value is -2.64. The third-order valence-electron chi connectivity index (χ3n) is 1.85. The summed E-state index contributed by atoms with van der Waals surface area (Å²) in [4.78, 5) is 32.8. The van der Waals surface area contributed by atoms with Crippen molar-refractivity contribution in [2.75, 3.05) is 24.7 Å². The summed E-state index contributed by atoms with van der Waals surface area (Å²) in [6.07, 6.45) is 3.09. The maximum absolute atomic E-state index is 10.4. The van der Waals surface area contributed by atoms with E-state index in [0.717, 1.165) is 0 Å². The van der Waals surface area contributed by atoms with Crippen LogP contribution in [0.25, 0.3) is 0 Å². The van der Waals surface area contributed by atoms with Gasteiger partial charge in [-0.05, 0) is 12.1 Å². The van der Waals surface area contributed by atoms with Crippen molar-refractivity contribution in [3.05, 3.63) is 45.5 Å². The number of anilines is 2. The highest BCUT2D eigenvalue weighted by Crippen LogP contribution is 1.91. The first kappa shape index (κ1) is 13.4. The molecule has 2 aromatic heterocycles. The minimum absolute atomic E-state index is 0.332. The van der Waals surface area contributed by atoms with E-state index in [1.807, 2.05) is 0 Å². The van der Waals surface area contributed by atoms with Crippen molar-refractivity contribution in [3.63, 3.8) is 0 Å². The molecule has 0 saturated heterocycles. The maximum atomic E-state index is 10.4. The average Bonchev–Trinajstić information content (AvgIpc) is 2.39. The van der Waals surface area contributed by atoms with Crippen LogP contribution in [0.1, 0.15) is 0 Å². The molecule has 0 bridgehead atoms. The SMILES string of the molecule is CNc1cc[nH]c(=O)n1.CNc1cc[nH]c(=O)n1. The summed E-state index contributed by atoms with van der Waals surface area (Å²) >= 11 is 0. The Morgan fingerprint density at radius 1 is 0.889 bits per heavy atom. The molecule has 96 valence electrons. The number of nitrogens with zero attached hydrogens (tertiary/aromatic N) is 2. The molecule has 2 aromatic rings. The van der Waals surface area contributed by atoms with E-state index < -0.39 is 0 Å². The van der Waals surface area contributed by atoms with E-state index in [1.54, 1.807) is 38.6 Å². The van der Waals surface area contributed by atoms with Gasteiger partial charge < -0.3 is 20.6 Å². The molecular weight excluding hydrogens is 236 g/mol. The second kappa shape index (κ2) is 6.84. The zero-order valence-corrected chi connectivity index (χ0v) is 10.0. The third-order valence-corrected chi connectivity index (χ3v) is 1.85. The lowest BCUT2D eigenvalue weighted by atomic mass is 10.6. The van der Waals surface area contributed by atoms with Crippen LogP contribution in [0.15, 0.2) is 34.1 Å². The minimum atomic E-state index is -0.332. The van der Waals surface area contributed by atoms with Gasteiger partial charge in [-0.1, -0.05) is 0 Å². The summed E-state index contributed by atoms with van der Waals surface area (Å²) in [5, 5.41) is 5.47. The van der Waals surface area contributed by atoms with Crippen molar-refractivity contribution < 1.29 is 0 Å². The van der Waals surface area contributed by atoms with Gasteiger partial charge in [0.05, 0.1) is 0 Å². The van der Waals surface area contributed by atoms with Crippen molar-refractivity contribution in [2.45, 2.75) is 0 Å². The highest BCUT2D eigenvalue weighted by molar-refractivity contribution is 5.30. The summed E-state index contributed by atoms with van der Waals surface area (Å²) in [6, 6.07) is 3.36. The molecule has 4 N–H and O–H groups in total. The number of nitrogens with one attached hydrogen (secondary N) is 4. The number of aromatic amines is 2. The Balaban J connectivity index is 0.000000180. The quantitative estimate of drug-likeness (QED) is 0.577. The lowest BCUT2D eigenvalue weighted by molar-refractivity contribution is 1.07. The standard InChI is InChI=1S/2C5H7N3O/c2*1-6-4-2-3-7-5(9)8-4/h2*2-3H,1H3,(H2,6,7,8,9). The highest BCUT2D eigenvalue weighted by Gasteiger charge is 1.86. The first-order valence-electron chi connectivity index (χ1n) is 5.12. The molecule has 0 atom stereocenters. The van der Waals surface area contributed by atoms with E-state index in [1.165, 1.54) is 0 Å². The zero-order chi connectivity index (χ0) is 13.4. The molecule has 0 aliphatic heterocycles. The summed E-state index contributed by atoms with van der Waals surface area (Å²) in [5.74, 6) is 1.16. The molecule has 18 heavy (non-hydrogen) atoms. The molecule has 0 aliphatic carbocycles. The predicted molar refractivity (Wildman–Crippen MR) is 68.8 cm³/mol. The monoisotopic (exact) mass is 250 g/mol. The first-order valence-corrected chi connectivity index (χ1v) is 5.12. The van der Waals surface area contributed by atoms with Gasteiger partial charge in [0.25, 0.3) is 0 Å². The van der Waals surface area contributed by atoms with Gasteiger partial charge in [-0.25, -0.2) is 9.59 Å². The molecule has 0 spiro atoms. The summed E-state index contributed by atoms with van der Waals surface area (Å²) in [7, 11) is 3.42. The number of H-pyrrole nitrogens is 2. The van der Waals surface area contributed by atoms with E-state index >= 15 is 0 Å². The summed E-state index contributed by atoms with van der Waals surface area (Å²) in [5.41, 5.74) is -0.663. The van der Waals surface area contributed by atoms with Gasteiger partial charge in [0.15, 0.2) is 0 Å². The van der Waals surface area contributed by atoms with Crippen molar-refractivity contribution in [1.29, 1.82) is 0 Å². The molecule has 0 amide bonds. The van der Waals surface area contributed by atoms with Crippen LogP contribution < -0.4 is 22.0 Å². The third kappa shape index (κ3) is 4.47. The normalized spacial score (nSPS) is 9.00. The molecular formula is C10H14N6O2. The Morgan fingerprint density at radius 2 is 1.28 bits per heavy atom. The van der Waals surface area contributed by atoms with Crippen LogP contribution in [-0.4, -0.2) is 34.0 Å². The van der Waals surface area contributed by atoms with Gasteiger partial charge in [-0.15, -0.1) is 0 Å². The average molecular weight is 250 g/mol. The van der Waals surface area contributed by atoms with E-state index in [0.29, 0.717) is 11.6 Å². The number of rotatable bonds is 2. The fourth-order valence-corrected chi connectivity index (χ4v) is 1.02. The van der Waals surface area contributed by atoms with Gasteiger partial charge >= 0.3 is 11.4 Å². The van der Waals surface area contributed by atoms with E-state index in [2.05, 4.69) is 30.6 Å². The fourth-order valence-electron chi connectivity index (χ4n) is 1.02. The topological polar surface area (TPSA) is 116 Å². The van der Waals surface area contributed by atoms with Gasteiger partial charge in [-0.2, -0.15) is 9.97 Å². The van der Waals surface area contributed by atoms with Crippen LogP contribution >= 0.6 is 0 Å². The Kier molecular flexibility index (Phi) is 5.10. The Bertz CT molecular complexity index is 537. The maximum Gasteiger partial charge on any atom is 0.346 e. The van der Waals surface area contributed by atoms with Crippen molar-refractivity contribution in [2.24, 2.45) is 0 Å². The van der Waals surface area contributed by atoms with Gasteiger partial charge in [0.2, 0.25) is 0 Å². The molecule has 0 radical (unpaired) electrons. The first-order chi connectivity index (χ1) is 8.65. The smallest absolute Gasteiger partial charge is 0.346 e. The largest absolute Gasteiger partial charge is 0.373 e. The molecule has 2 heterocycles. The summed E-state index contributed by atoms with van der Waals surface area (Å²) in [6.45, 7) is 0. The van der Waals surface area contributed by atoms with Crippen molar-refractivity contribution in [3.8, 4) is 0 Å². The molecule has 0 unspecified atom stereocenters. The number of aromatic nitrogens is 4. The molecule has 0 saturated carbocycles. The second-order valence-corrected chi connectivity index (χ2v) is 3.06. The zero-order valence-electron chi connectivity index (χ0n) is 10.0. The van der Waals surface area contributed by atoms with Crippen LogP contribution in [0.3, 0.4) is 0 Å². The predicted octanol–water partition coefficient (Wildman–Crippen LogP) is -0.377. The fraction of sp³-hybridized carbons (Fsp3) is 0.200. The Labute approximate surface area is 103 Å². The van der Waals surface area contributed by atoms with Gasteiger partial charge in [0.1, 0.15) is 11.6 Å². The highest BCUT2D eigenvalue weighted by atomic mass is 16.1. The molecule has 8 nitrogen and oxygen atoms in total. The van der Waals surface area contributed by atoms with Crippen LogP contribution in [0, 0.1) is 0 Å². The molecule has 0 aliphatic rings. The van der Waals surface area contributed by atoms with Crippen LogP contribution in [0.4, 0.5) is 11.6 Å². The molecule has 0 fully saturated rings. The van der Waals surface area contributed by atoms with Crippen LogP contribution in [0.2, 0.25) is 0 Å². The molecule has 0 aromatic carbocycles.